The number of amides is 8. The van der Waals surface area contributed by atoms with Crippen molar-refractivity contribution in [3.63, 3.8) is 0 Å². The molecule has 0 saturated heterocycles. The maximum atomic E-state index is 14.5. The van der Waals surface area contributed by atoms with Crippen LogP contribution < -0.4 is 65.5 Å². The molecule has 19 N–H and O–H groups in total. The molecule has 0 fully saturated rings. The quantitative estimate of drug-likeness (QED) is 0.0207. The van der Waals surface area contributed by atoms with Gasteiger partial charge in [0, 0.05) is 30.1 Å². The number of aliphatic carboxylic acids is 2. The van der Waals surface area contributed by atoms with Crippen molar-refractivity contribution in [2.24, 2.45) is 51.6 Å². The molecule has 1 aromatic carbocycles. The molecule has 0 radical (unpaired) electrons. The van der Waals surface area contributed by atoms with Crippen molar-refractivity contribution in [3.05, 3.63) is 36.0 Å². The van der Waals surface area contributed by atoms with Gasteiger partial charge in [-0.25, -0.2) is 4.79 Å². The predicted octanol–water partition coefficient (Wildman–Crippen LogP) is -2.09. The molecule has 8 amide bonds. The zero-order chi connectivity index (χ0) is 56.7. The fourth-order valence-corrected chi connectivity index (χ4v) is 7.82. The number of para-hydroxylation sites is 1. The van der Waals surface area contributed by atoms with Crippen LogP contribution in [0.4, 0.5) is 0 Å². The number of carbonyl (C=O) groups is 10. The first-order valence-corrected chi connectivity index (χ1v) is 25.1. The number of aromatic nitrogens is 1. The van der Waals surface area contributed by atoms with Crippen LogP contribution in [0.3, 0.4) is 0 Å². The van der Waals surface area contributed by atoms with Gasteiger partial charge in [-0.1, -0.05) is 73.6 Å². The number of nitrogens with zero attached hydrogens (tertiary/aromatic N) is 1. The molecule has 26 heteroatoms. The number of hydrogen-bond acceptors (Lipinski definition) is 13. The lowest BCUT2D eigenvalue weighted by Gasteiger charge is -2.30. The zero-order valence-corrected chi connectivity index (χ0v) is 44.1. The van der Waals surface area contributed by atoms with Crippen molar-refractivity contribution in [2.75, 3.05) is 19.6 Å². The van der Waals surface area contributed by atoms with Crippen molar-refractivity contribution in [1.29, 1.82) is 0 Å². The molecule has 2 rings (SSSR count). The highest BCUT2D eigenvalue weighted by atomic mass is 16.4. The third-order valence-corrected chi connectivity index (χ3v) is 12.1. The van der Waals surface area contributed by atoms with Gasteiger partial charge in [-0.05, 0) is 74.0 Å². The van der Waals surface area contributed by atoms with Gasteiger partial charge in [-0.2, -0.15) is 0 Å². The molecule has 8 atom stereocenters. The third-order valence-electron chi connectivity index (χ3n) is 12.1. The number of guanidine groups is 1. The average molecular weight is 1060 g/mol. The summed E-state index contributed by atoms with van der Waals surface area (Å²) in [5.74, 6) is -12.0. The average Bonchev–Trinajstić information content (AvgIpc) is 3.74. The first-order chi connectivity index (χ1) is 35.2. The summed E-state index contributed by atoms with van der Waals surface area (Å²) in [6.45, 7) is 13.0. The van der Waals surface area contributed by atoms with E-state index in [2.05, 4.69) is 52.5 Å². The number of fused-ring (bicyclic) bond motifs is 1. The van der Waals surface area contributed by atoms with Gasteiger partial charge in [0.2, 0.25) is 47.3 Å². The van der Waals surface area contributed by atoms with Crippen LogP contribution in [0.5, 0.6) is 0 Å². The summed E-state index contributed by atoms with van der Waals surface area (Å²) >= 11 is 0. The molecule has 418 valence electrons. The van der Waals surface area contributed by atoms with Crippen LogP contribution in [0.15, 0.2) is 35.5 Å². The molecule has 0 unspecified atom stereocenters. The van der Waals surface area contributed by atoms with Crippen LogP contribution in [-0.2, 0) is 54.4 Å². The molecule has 26 nitrogen and oxygen atoms in total. The Morgan fingerprint density at radius 2 is 0.987 bits per heavy atom. The number of nitrogens with two attached hydrogens (primary N) is 4. The van der Waals surface area contributed by atoms with Crippen molar-refractivity contribution >= 4 is 76.1 Å². The molecular formula is C49H80N14O12. The van der Waals surface area contributed by atoms with Crippen molar-refractivity contribution in [3.8, 4) is 0 Å². The number of aliphatic imine (C=N–C) groups is 1. The summed E-state index contributed by atoms with van der Waals surface area (Å²) in [6, 6.07) is -3.98. The van der Waals surface area contributed by atoms with E-state index in [0.29, 0.717) is 35.9 Å². The Morgan fingerprint density at radius 1 is 0.547 bits per heavy atom. The standard InChI is InChI=1S/C49H80N14O12/c1-24(2)37(60-35(64)22-51)47(73)63-40(27(7)8)44(70)56-31(17-13-19-54-49(52)53)41(67)61-39(26(5)6)46(72)59-33(20-28-23-55-30-15-10-9-14-29(28)30)42(68)58-34(21-36(65)66)43(69)62-38(25(3)4)45(71)57-32(48(74)75)16-11-12-18-50/h9-10,14-15,23-27,31-34,37-40,55H,11-13,16-22,50-51H2,1-8H3,(H,56,70)(H,57,71)(H,58,68)(H,59,72)(H,60,64)(H,61,67)(H,62,69)(H,63,73)(H,65,66)(H,74,75)(H4,52,53,54)/t31-,32-,33-,34-,37-,38-,39-,40-/m0/s1. The number of benzene rings is 1. The highest BCUT2D eigenvalue weighted by molar-refractivity contribution is 5.99. The van der Waals surface area contributed by atoms with Crippen LogP contribution in [0.1, 0.15) is 99.5 Å². The number of unbranched alkanes of at least 4 members (excludes halogenated alkanes) is 1. The predicted molar refractivity (Wildman–Crippen MR) is 279 cm³/mol. The molecule has 0 aliphatic carbocycles. The lowest BCUT2D eigenvalue weighted by molar-refractivity contribution is -0.143. The Kier molecular flexibility index (Phi) is 26.7. The Bertz CT molecular complexity index is 2320. The third kappa shape index (κ3) is 21.2. The Balaban J connectivity index is 2.53. The number of carbonyl (C=O) groups excluding carboxylic acids is 8. The number of H-pyrrole nitrogens is 1. The molecule has 1 aromatic heterocycles. The zero-order valence-electron chi connectivity index (χ0n) is 44.1. The van der Waals surface area contributed by atoms with Crippen LogP contribution in [-0.4, -0.2) is 148 Å². The normalized spacial score (nSPS) is 14.5. The van der Waals surface area contributed by atoms with Gasteiger partial charge in [0.15, 0.2) is 5.96 Å². The van der Waals surface area contributed by atoms with Gasteiger partial charge in [0.1, 0.15) is 48.3 Å². The largest absolute Gasteiger partial charge is 0.481 e. The minimum atomic E-state index is -1.82. The number of carboxylic acids is 2. The van der Waals surface area contributed by atoms with E-state index in [-0.39, 0.29) is 44.7 Å². The first kappa shape index (κ1) is 63.8. The summed E-state index contributed by atoms with van der Waals surface area (Å²) in [6.07, 6.45) is 1.45. The van der Waals surface area contributed by atoms with Gasteiger partial charge in [0.25, 0.3) is 0 Å². The highest BCUT2D eigenvalue weighted by Gasteiger charge is 2.37. The number of carboxylic acid groups (broad SMARTS) is 2. The maximum Gasteiger partial charge on any atom is 0.326 e. The number of hydrogen-bond donors (Lipinski definition) is 15. The summed E-state index contributed by atoms with van der Waals surface area (Å²) in [4.78, 5) is 141. The topological polar surface area (TPSA) is 440 Å². The molecule has 0 saturated carbocycles. The lowest BCUT2D eigenvalue weighted by atomic mass is 9.98. The van der Waals surface area contributed by atoms with Crippen LogP contribution in [0.25, 0.3) is 10.9 Å². The van der Waals surface area contributed by atoms with Crippen molar-refractivity contribution < 1.29 is 58.2 Å². The van der Waals surface area contributed by atoms with E-state index < -0.39 is 138 Å². The summed E-state index contributed by atoms with van der Waals surface area (Å²) in [5.41, 5.74) is 23.2. The number of rotatable bonds is 33. The fraction of sp³-hybridized carbons (Fsp3) is 0.612. The Morgan fingerprint density at radius 3 is 1.48 bits per heavy atom. The molecule has 0 aliphatic heterocycles. The van der Waals surface area contributed by atoms with Crippen molar-refractivity contribution in [2.45, 2.75) is 149 Å². The van der Waals surface area contributed by atoms with Gasteiger partial charge in [0.05, 0.1) is 13.0 Å². The van der Waals surface area contributed by atoms with E-state index >= 15 is 0 Å². The van der Waals surface area contributed by atoms with E-state index in [1.165, 1.54) is 0 Å². The number of aromatic amines is 1. The van der Waals surface area contributed by atoms with Crippen LogP contribution >= 0.6 is 0 Å². The first-order valence-electron chi connectivity index (χ1n) is 25.1. The monoisotopic (exact) mass is 1060 g/mol. The highest BCUT2D eigenvalue weighted by Crippen LogP contribution is 2.20. The molecule has 0 bridgehead atoms. The lowest BCUT2D eigenvalue weighted by Crippen LogP contribution is -2.62. The van der Waals surface area contributed by atoms with Crippen molar-refractivity contribution in [1.82, 2.24) is 47.5 Å². The molecule has 0 spiro atoms. The van der Waals surface area contributed by atoms with E-state index in [9.17, 15) is 58.2 Å². The van der Waals surface area contributed by atoms with Gasteiger partial charge < -0.3 is 80.7 Å². The molecule has 75 heavy (non-hydrogen) atoms. The van der Waals surface area contributed by atoms with E-state index in [1.807, 2.05) is 0 Å². The second-order valence-corrected chi connectivity index (χ2v) is 19.7. The summed E-state index contributed by atoms with van der Waals surface area (Å²) in [5, 5.41) is 40.8. The Hall–Kier alpha value is -7.35. The van der Waals surface area contributed by atoms with E-state index in [4.69, 9.17) is 22.9 Å². The summed E-state index contributed by atoms with van der Waals surface area (Å²) < 4.78 is 0. The van der Waals surface area contributed by atoms with Crippen LogP contribution in [0, 0.1) is 23.7 Å². The number of nitrogens with one attached hydrogen (secondary N) is 9. The molecular weight excluding hydrogens is 977 g/mol. The Labute approximate surface area is 436 Å². The second-order valence-electron chi connectivity index (χ2n) is 19.7. The molecule has 2 aromatic rings. The van der Waals surface area contributed by atoms with Gasteiger partial charge >= 0.3 is 11.9 Å². The summed E-state index contributed by atoms with van der Waals surface area (Å²) in [7, 11) is 0. The van der Waals surface area contributed by atoms with E-state index in [0.717, 1.165) is 0 Å². The van der Waals surface area contributed by atoms with Crippen LogP contribution in [0.2, 0.25) is 0 Å². The fourth-order valence-electron chi connectivity index (χ4n) is 7.82. The van der Waals surface area contributed by atoms with Gasteiger partial charge in [-0.3, -0.25) is 48.1 Å². The van der Waals surface area contributed by atoms with E-state index in [1.54, 1.807) is 85.9 Å². The minimum Gasteiger partial charge on any atom is -0.481 e. The maximum absolute atomic E-state index is 14.5. The molecule has 1 heterocycles. The molecule has 0 aliphatic rings. The second kappa shape index (κ2) is 31.4. The van der Waals surface area contributed by atoms with Gasteiger partial charge in [-0.15, -0.1) is 0 Å². The minimum absolute atomic E-state index is 0.0506. The smallest absolute Gasteiger partial charge is 0.326 e. The SMILES string of the molecule is CC(C)[C@H](NC(=O)CN)C(=O)N[C@H](C(=O)N[C@@H](CCCN=C(N)N)C(=O)N[C@H](C(=O)N[C@@H](Cc1c[nH]c2ccccc12)C(=O)N[C@@H](CC(=O)O)C(=O)N[C@H](C(=O)N[C@@H](CCCCN)C(=O)O)C(C)C)C(C)C)C(C)C.